The fourth-order valence-corrected chi connectivity index (χ4v) is 4.44. The summed E-state index contributed by atoms with van der Waals surface area (Å²) in [4.78, 5) is 42.5. The third-order valence-corrected chi connectivity index (χ3v) is 5.96. The Labute approximate surface area is 169 Å². The summed E-state index contributed by atoms with van der Waals surface area (Å²) in [7, 11) is -3.67. The van der Waals surface area contributed by atoms with Crippen LogP contribution in [0.1, 0.15) is 49.5 Å². The maximum absolute atomic E-state index is 12.9. The Hall–Kier alpha value is -2.06. The fraction of sp³-hybridized carbons (Fsp3) is 0.474. The molecule has 1 aliphatic carbocycles. The van der Waals surface area contributed by atoms with Gasteiger partial charge in [0.2, 0.25) is 0 Å². The molecule has 7 nitrogen and oxygen atoms in total. The molecular weight excluding hydrogens is 406 g/mol. The second-order valence-electron chi connectivity index (χ2n) is 7.51. The summed E-state index contributed by atoms with van der Waals surface area (Å²) in [5, 5.41) is 3.45. The Morgan fingerprint density at radius 1 is 1.29 bits per heavy atom. The van der Waals surface area contributed by atoms with Gasteiger partial charge in [-0.2, -0.15) is 0 Å². The lowest BCUT2D eigenvalue weighted by Crippen LogP contribution is -2.42. The van der Waals surface area contributed by atoms with Crippen molar-refractivity contribution in [3.63, 3.8) is 0 Å². The average Bonchev–Trinajstić information content (AvgIpc) is 2.53. The molecule has 1 aliphatic rings. The quantitative estimate of drug-likeness (QED) is 0.299. The van der Waals surface area contributed by atoms with Crippen molar-refractivity contribution < 1.29 is 27.6 Å². The molecule has 0 saturated heterocycles. The molecule has 0 unspecified atom stereocenters. The molecule has 1 aromatic rings. The number of nitrogens with zero attached hydrogens (tertiary/aromatic N) is 1. The van der Waals surface area contributed by atoms with Crippen LogP contribution in [-0.4, -0.2) is 44.8 Å². The molecular formula is C19H22ClNO6S. The van der Waals surface area contributed by atoms with Crippen molar-refractivity contribution in [1.82, 2.24) is 0 Å². The summed E-state index contributed by atoms with van der Waals surface area (Å²) in [6.45, 7) is 5.53. The van der Waals surface area contributed by atoms with Gasteiger partial charge in [-0.05, 0) is 24.5 Å². The molecule has 0 aromatic heterocycles. The van der Waals surface area contributed by atoms with Crippen LogP contribution in [0.4, 0.5) is 0 Å². The number of ketones is 3. The minimum atomic E-state index is -3.67. The number of hydrogen-bond donors (Lipinski definition) is 0. The Kier molecular flexibility index (Phi) is 6.45. The number of halogens is 1. The third kappa shape index (κ3) is 4.67. The highest BCUT2D eigenvalue weighted by atomic mass is 35.5. The zero-order valence-corrected chi connectivity index (χ0v) is 17.7. The van der Waals surface area contributed by atoms with Gasteiger partial charge in [-0.25, -0.2) is 8.42 Å². The lowest BCUT2D eigenvalue weighted by molar-refractivity contribution is -0.137. The largest absolute Gasteiger partial charge is 0.396 e. The van der Waals surface area contributed by atoms with Gasteiger partial charge in [0, 0.05) is 30.2 Å². The second-order valence-corrected chi connectivity index (χ2v) is 9.87. The number of sulfone groups is 1. The van der Waals surface area contributed by atoms with E-state index in [2.05, 4.69) is 5.16 Å². The third-order valence-electron chi connectivity index (χ3n) is 4.40. The first-order valence-corrected chi connectivity index (χ1v) is 10.9. The molecule has 1 fully saturated rings. The predicted octanol–water partition coefficient (Wildman–Crippen LogP) is 2.87. The lowest BCUT2D eigenvalue weighted by atomic mass is 9.69. The van der Waals surface area contributed by atoms with Gasteiger partial charge >= 0.3 is 0 Å². The van der Waals surface area contributed by atoms with Crippen LogP contribution in [-0.2, 0) is 24.3 Å². The van der Waals surface area contributed by atoms with E-state index in [4.69, 9.17) is 16.4 Å². The molecule has 9 heteroatoms. The number of Topliss-reactive ketones (excluding diaryl/α,β-unsaturated/α-hetero) is 3. The maximum atomic E-state index is 12.9. The van der Waals surface area contributed by atoms with Gasteiger partial charge in [0.15, 0.2) is 27.2 Å². The topological polar surface area (TPSA) is 107 Å². The van der Waals surface area contributed by atoms with Gasteiger partial charge in [-0.15, -0.1) is 0 Å². The highest BCUT2D eigenvalue weighted by Crippen LogP contribution is 2.36. The normalized spacial score (nSPS) is 17.9. The van der Waals surface area contributed by atoms with E-state index in [1.807, 2.05) is 0 Å². The summed E-state index contributed by atoms with van der Waals surface area (Å²) in [6, 6.07) is 2.43. The van der Waals surface area contributed by atoms with Crippen molar-refractivity contribution in [1.29, 1.82) is 0 Å². The molecule has 0 atom stereocenters. The van der Waals surface area contributed by atoms with Crippen LogP contribution in [0.15, 0.2) is 22.2 Å². The number of carbonyl (C=O) groups excluding carboxylic acids is 3. The molecule has 28 heavy (non-hydrogen) atoms. The van der Waals surface area contributed by atoms with Crippen molar-refractivity contribution in [2.45, 2.75) is 38.5 Å². The number of carbonyl (C=O) groups is 3. The molecule has 0 N–H and O–H groups in total. The summed E-state index contributed by atoms with van der Waals surface area (Å²) < 4.78 is 24.1. The molecule has 0 spiro atoms. The van der Waals surface area contributed by atoms with Crippen molar-refractivity contribution >= 4 is 45.0 Å². The van der Waals surface area contributed by atoms with Crippen LogP contribution < -0.4 is 0 Å². The van der Waals surface area contributed by atoms with Crippen LogP contribution in [0.2, 0.25) is 5.02 Å². The van der Waals surface area contributed by atoms with Crippen molar-refractivity contribution in [3.8, 4) is 0 Å². The minimum Gasteiger partial charge on any atom is -0.396 e. The van der Waals surface area contributed by atoms with Crippen LogP contribution in [0.25, 0.3) is 0 Å². The molecule has 0 amide bonds. The Balaban J connectivity index is 2.54. The van der Waals surface area contributed by atoms with E-state index in [0.29, 0.717) is 0 Å². The van der Waals surface area contributed by atoms with E-state index < -0.39 is 38.5 Å². The van der Waals surface area contributed by atoms with E-state index in [1.165, 1.54) is 12.1 Å². The van der Waals surface area contributed by atoms with Gasteiger partial charge in [0.05, 0.1) is 16.1 Å². The van der Waals surface area contributed by atoms with Gasteiger partial charge in [-0.3, -0.25) is 14.4 Å². The Bertz CT molecular complexity index is 945. The van der Waals surface area contributed by atoms with E-state index in [-0.39, 0.29) is 40.5 Å². The number of rotatable bonds is 6. The van der Waals surface area contributed by atoms with Crippen molar-refractivity contribution in [3.05, 3.63) is 28.3 Å². The van der Waals surface area contributed by atoms with Crippen LogP contribution in [0.5, 0.6) is 0 Å². The van der Waals surface area contributed by atoms with Crippen LogP contribution in [0.3, 0.4) is 0 Å². The number of oxime groups is 1. The first-order chi connectivity index (χ1) is 12.9. The first kappa shape index (κ1) is 22.2. The monoisotopic (exact) mass is 427 g/mol. The number of benzene rings is 1. The second kappa shape index (κ2) is 8.13. The summed E-state index contributed by atoms with van der Waals surface area (Å²) in [5.41, 5.74) is -0.623. The maximum Gasteiger partial charge on any atom is 0.182 e. The predicted molar refractivity (Wildman–Crippen MR) is 105 cm³/mol. The van der Waals surface area contributed by atoms with E-state index in [0.717, 1.165) is 12.5 Å². The summed E-state index contributed by atoms with van der Waals surface area (Å²) in [6.07, 6.45) is 2.31. The molecule has 152 valence electrons. The highest BCUT2D eigenvalue weighted by Gasteiger charge is 2.44. The summed E-state index contributed by atoms with van der Waals surface area (Å²) in [5.74, 6) is -3.08. The number of hydrogen-bond acceptors (Lipinski definition) is 7. The van der Waals surface area contributed by atoms with Gasteiger partial charge in [-0.1, -0.05) is 30.6 Å². The first-order valence-electron chi connectivity index (χ1n) is 8.66. The molecule has 0 bridgehead atoms. The van der Waals surface area contributed by atoms with Crippen LogP contribution >= 0.6 is 11.6 Å². The highest BCUT2D eigenvalue weighted by molar-refractivity contribution is 7.90. The molecule has 0 aliphatic heterocycles. The standard InChI is InChI=1S/C19H22ClNO6S/c1-5-27-21-10-12-15(28(4,25)26)7-6-11(17(12)20)18(24)16-13(22)8-19(2,3)9-14(16)23/h6-7,10,16H,5,8-9H2,1-4H3/b21-10+. The van der Waals surface area contributed by atoms with E-state index in [1.54, 1.807) is 20.8 Å². The van der Waals surface area contributed by atoms with Crippen molar-refractivity contribution in [2.24, 2.45) is 16.5 Å². The van der Waals surface area contributed by atoms with E-state index in [9.17, 15) is 22.8 Å². The summed E-state index contributed by atoms with van der Waals surface area (Å²) >= 11 is 6.31. The Morgan fingerprint density at radius 3 is 2.36 bits per heavy atom. The molecule has 0 radical (unpaired) electrons. The van der Waals surface area contributed by atoms with E-state index >= 15 is 0 Å². The van der Waals surface area contributed by atoms with Gasteiger partial charge in [0.25, 0.3) is 0 Å². The van der Waals surface area contributed by atoms with Gasteiger partial charge in [0.1, 0.15) is 12.5 Å². The smallest absolute Gasteiger partial charge is 0.182 e. The zero-order chi connectivity index (χ0) is 21.3. The lowest BCUT2D eigenvalue weighted by Gasteiger charge is -2.31. The van der Waals surface area contributed by atoms with Crippen molar-refractivity contribution in [2.75, 3.05) is 12.9 Å². The molecule has 1 saturated carbocycles. The average molecular weight is 428 g/mol. The zero-order valence-electron chi connectivity index (χ0n) is 16.1. The molecule has 2 rings (SSSR count). The SMILES string of the molecule is CCO/N=C/c1c(S(C)(=O)=O)ccc(C(=O)C2C(=O)CC(C)(C)CC2=O)c1Cl. The van der Waals surface area contributed by atoms with Crippen LogP contribution in [0, 0.1) is 11.3 Å². The fourth-order valence-electron chi connectivity index (χ4n) is 3.21. The minimum absolute atomic E-state index is 0.0282. The van der Waals surface area contributed by atoms with Gasteiger partial charge < -0.3 is 4.84 Å². The Morgan fingerprint density at radius 2 is 1.86 bits per heavy atom. The molecule has 1 aromatic carbocycles. The molecule has 0 heterocycles.